The van der Waals surface area contributed by atoms with Gasteiger partial charge in [-0.15, -0.1) is 0 Å². The fraction of sp³-hybridized carbons (Fsp3) is 0.286. The maximum atomic E-state index is 13.3. The van der Waals surface area contributed by atoms with Crippen LogP contribution < -0.4 is 11.1 Å². The van der Waals surface area contributed by atoms with E-state index in [1.165, 1.54) is 12.1 Å². The number of aliphatic hydroxyl groups excluding tert-OH is 1. The van der Waals surface area contributed by atoms with E-state index in [2.05, 4.69) is 10.4 Å². The van der Waals surface area contributed by atoms with Crippen LogP contribution in [0.3, 0.4) is 0 Å². The highest BCUT2D eigenvalue weighted by atomic mass is 35.5. The van der Waals surface area contributed by atoms with Gasteiger partial charge in [-0.1, -0.05) is 54.4 Å². The molecule has 1 atom stereocenters. The monoisotopic (exact) mass is 763 g/mol. The molecule has 1 fully saturated rings. The number of aromatic nitrogens is 2. The number of anilines is 1. The lowest BCUT2D eigenvalue weighted by Crippen LogP contribution is -2.48. The molecule has 268 valence electrons. The zero-order valence-corrected chi connectivity index (χ0v) is 29.7. The minimum atomic E-state index is -4.63. The summed E-state index contributed by atoms with van der Waals surface area (Å²) in [5.74, 6) is -0.426. The van der Waals surface area contributed by atoms with E-state index in [9.17, 15) is 31.7 Å². The molecule has 1 amide bonds. The molecule has 9 nitrogen and oxygen atoms in total. The van der Waals surface area contributed by atoms with Gasteiger partial charge in [0.15, 0.2) is 5.69 Å². The first-order valence-corrected chi connectivity index (χ1v) is 17.6. The van der Waals surface area contributed by atoms with E-state index in [1.54, 1.807) is 25.1 Å². The highest BCUT2D eigenvalue weighted by Gasteiger charge is 2.47. The van der Waals surface area contributed by atoms with Crippen LogP contribution in [0.2, 0.25) is 10.0 Å². The zero-order valence-electron chi connectivity index (χ0n) is 27.4. The molecule has 1 unspecified atom stereocenters. The van der Waals surface area contributed by atoms with Crippen LogP contribution >= 0.6 is 23.2 Å². The molecule has 0 radical (unpaired) electrons. The van der Waals surface area contributed by atoms with Crippen molar-refractivity contribution in [3.8, 4) is 22.9 Å². The second kappa shape index (κ2) is 14.7. The summed E-state index contributed by atoms with van der Waals surface area (Å²) in [5.41, 5.74) is 8.45. The highest BCUT2D eigenvalue weighted by molar-refractivity contribution is 7.85. The molecule has 6 rings (SSSR count). The molecule has 1 aromatic heterocycles. The standard InChI is InChI=1S/C22H22FNO3.C13H9Cl2F3N4OS/c1-13-3-8-17(15-4-6-16(23)7-5-15)14(2)18(13)19-20(25)22(24-21(19)26)9-11-27-12-10-22;1-2-24(23)11-9(5-19)21-22(12(11)20)10-7(14)3-6(4-8(10)15)13(16,17)18/h3-8,25H,9-12H2,1-2H3,(H,24,26);3-4H,2,20H2,1H3. The van der Waals surface area contributed by atoms with Crippen molar-refractivity contribution in [3.63, 3.8) is 0 Å². The van der Waals surface area contributed by atoms with Crippen LogP contribution in [0.4, 0.5) is 23.4 Å². The van der Waals surface area contributed by atoms with Gasteiger partial charge in [-0.2, -0.15) is 23.5 Å². The third kappa shape index (κ3) is 7.21. The van der Waals surface area contributed by atoms with Gasteiger partial charge in [0.05, 0.1) is 32.0 Å². The number of carbonyl (C=O) groups excluding carboxylic acids is 1. The minimum Gasteiger partial charge on any atom is -0.509 e. The maximum Gasteiger partial charge on any atom is 0.416 e. The molecule has 4 aromatic rings. The summed E-state index contributed by atoms with van der Waals surface area (Å²) in [6.45, 7) is 6.49. The van der Waals surface area contributed by atoms with Crippen molar-refractivity contribution in [1.29, 1.82) is 5.26 Å². The summed E-state index contributed by atoms with van der Waals surface area (Å²) in [5, 5.41) is 26.3. The summed E-state index contributed by atoms with van der Waals surface area (Å²) < 4.78 is 70.0. The number of rotatable bonds is 5. The van der Waals surface area contributed by atoms with Gasteiger partial charge in [0.25, 0.3) is 5.91 Å². The van der Waals surface area contributed by atoms with Crippen molar-refractivity contribution in [1.82, 2.24) is 15.1 Å². The van der Waals surface area contributed by atoms with Gasteiger partial charge in [0.1, 0.15) is 39.6 Å². The lowest BCUT2D eigenvalue weighted by atomic mass is 9.85. The molecule has 0 saturated carbocycles. The van der Waals surface area contributed by atoms with Crippen LogP contribution in [0.15, 0.2) is 59.2 Å². The van der Waals surface area contributed by atoms with Gasteiger partial charge >= 0.3 is 6.18 Å². The lowest BCUT2D eigenvalue weighted by Gasteiger charge is -2.33. The Kier molecular flexibility index (Phi) is 10.9. The van der Waals surface area contributed by atoms with Crippen molar-refractivity contribution in [2.24, 2.45) is 0 Å². The van der Waals surface area contributed by atoms with E-state index in [4.69, 9.17) is 38.9 Å². The Morgan fingerprint density at radius 1 is 1.12 bits per heavy atom. The quantitative estimate of drug-likeness (QED) is 0.176. The summed E-state index contributed by atoms with van der Waals surface area (Å²) >= 11 is 11.8. The average molecular weight is 765 g/mol. The Morgan fingerprint density at radius 2 is 1.73 bits per heavy atom. The lowest BCUT2D eigenvalue weighted by molar-refractivity contribution is -0.137. The normalized spacial score (nSPS) is 16.0. The Balaban J connectivity index is 0.000000199. The average Bonchev–Trinajstić information content (AvgIpc) is 3.53. The smallest absolute Gasteiger partial charge is 0.416 e. The van der Waals surface area contributed by atoms with E-state index in [0.717, 1.165) is 32.5 Å². The number of aliphatic hydroxyl groups is 1. The second-order valence-corrected chi connectivity index (χ2v) is 14.3. The number of aryl methyl sites for hydroxylation is 1. The van der Waals surface area contributed by atoms with Gasteiger partial charge in [-0.05, 0) is 65.9 Å². The molecule has 1 saturated heterocycles. The summed E-state index contributed by atoms with van der Waals surface area (Å²) in [6.07, 6.45) is -3.51. The number of amides is 1. The fourth-order valence-electron chi connectivity index (χ4n) is 6.13. The summed E-state index contributed by atoms with van der Waals surface area (Å²) in [6, 6.07) is 13.3. The van der Waals surface area contributed by atoms with Crippen LogP contribution in [0.25, 0.3) is 22.4 Å². The summed E-state index contributed by atoms with van der Waals surface area (Å²) in [7, 11) is -1.60. The van der Waals surface area contributed by atoms with Crippen LogP contribution in [-0.4, -0.2) is 49.5 Å². The van der Waals surface area contributed by atoms with E-state index < -0.39 is 28.1 Å². The predicted molar refractivity (Wildman–Crippen MR) is 186 cm³/mol. The molecule has 3 heterocycles. The molecular weight excluding hydrogens is 733 g/mol. The number of hydrogen-bond donors (Lipinski definition) is 3. The molecule has 0 aliphatic carbocycles. The first-order valence-electron chi connectivity index (χ1n) is 15.5. The van der Waals surface area contributed by atoms with E-state index in [-0.39, 0.29) is 55.4 Å². The molecule has 3 aromatic carbocycles. The molecule has 1 spiro atoms. The first-order chi connectivity index (χ1) is 24.0. The van der Waals surface area contributed by atoms with Gasteiger partial charge in [-0.3, -0.25) is 9.00 Å². The number of nitrogens with one attached hydrogen (secondary N) is 1. The number of carbonyl (C=O) groups is 1. The number of nitriles is 1. The van der Waals surface area contributed by atoms with Crippen LogP contribution in [-0.2, 0) is 26.5 Å². The number of alkyl halides is 3. The van der Waals surface area contributed by atoms with Gasteiger partial charge in [0.2, 0.25) is 0 Å². The SMILES string of the molecule is CCS(=O)c1c(C#N)nn(-c2c(Cl)cc(C(F)(F)F)cc2Cl)c1N.Cc1ccc(-c2ccc(F)cc2)c(C)c1C1=C(O)C2(CCOCC2)NC1=O. The molecule has 16 heteroatoms. The third-order valence-corrected chi connectivity index (χ3v) is 10.7. The van der Waals surface area contributed by atoms with Gasteiger partial charge < -0.3 is 20.9 Å². The number of nitrogens with two attached hydrogens (primary N) is 1. The van der Waals surface area contributed by atoms with Crippen LogP contribution in [0.1, 0.15) is 47.7 Å². The number of hydrogen-bond acceptors (Lipinski definition) is 7. The Morgan fingerprint density at radius 3 is 2.27 bits per heavy atom. The van der Waals surface area contributed by atoms with E-state index in [0.29, 0.717) is 43.8 Å². The van der Waals surface area contributed by atoms with Gasteiger partial charge in [0, 0.05) is 31.8 Å². The minimum absolute atomic E-state index is 0.00738. The zero-order chi connectivity index (χ0) is 37.4. The Bertz CT molecular complexity index is 2100. The Labute approximate surface area is 303 Å². The largest absolute Gasteiger partial charge is 0.509 e. The van der Waals surface area contributed by atoms with Crippen molar-refractivity contribution in [2.45, 2.75) is 50.2 Å². The molecule has 4 N–H and O–H groups in total. The molecule has 0 bridgehead atoms. The summed E-state index contributed by atoms with van der Waals surface area (Å²) in [4.78, 5) is 12.8. The van der Waals surface area contributed by atoms with Gasteiger partial charge in [-0.25, -0.2) is 9.07 Å². The number of halogens is 6. The number of ether oxygens (including phenoxy) is 1. The molecule has 2 aliphatic heterocycles. The molecule has 51 heavy (non-hydrogen) atoms. The molecule has 2 aliphatic rings. The van der Waals surface area contributed by atoms with Crippen molar-refractivity contribution in [3.05, 3.63) is 98.1 Å². The van der Waals surface area contributed by atoms with Crippen molar-refractivity contribution < 1.29 is 36.4 Å². The highest BCUT2D eigenvalue weighted by Crippen LogP contribution is 2.42. The van der Waals surface area contributed by atoms with E-state index >= 15 is 0 Å². The predicted octanol–water partition coefficient (Wildman–Crippen LogP) is 7.84. The number of nitrogens with zero attached hydrogens (tertiary/aromatic N) is 3. The number of nitrogen functional groups attached to an aromatic ring is 1. The van der Waals surface area contributed by atoms with Crippen molar-refractivity contribution in [2.75, 3.05) is 24.7 Å². The van der Waals surface area contributed by atoms with E-state index in [1.807, 2.05) is 26.0 Å². The topological polar surface area (TPSA) is 143 Å². The Hall–Kier alpha value is -4.42. The van der Waals surface area contributed by atoms with Crippen LogP contribution in [0.5, 0.6) is 0 Å². The van der Waals surface area contributed by atoms with Crippen molar-refractivity contribution >= 4 is 51.3 Å². The van der Waals surface area contributed by atoms with Crippen LogP contribution in [0, 0.1) is 31.0 Å². The first kappa shape index (κ1) is 37.8. The third-order valence-electron chi connectivity index (χ3n) is 8.72. The maximum absolute atomic E-state index is 13.3. The fourth-order valence-corrected chi connectivity index (χ4v) is 7.69. The second-order valence-electron chi connectivity index (χ2n) is 11.8. The molecular formula is C35H31Cl2F4N5O4S. The number of benzene rings is 3.